The van der Waals surface area contributed by atoms with Crippen LogP contribution >= 0.6 is 0 Å². The van der Waals surface area contributed by atoms with Crippen molar-refractivity contribution in [3.8, 4) is 78.4 Å². The first-order valence-corrected chi connectivity index (χ1v) is 15.9. The number of nitrogens with zero attached hydrogens (tertiary/aromatic N) is 4. The second-order valence-electron chi connectivity index (χ2n) is 11.6. The van der Waals surface area contributed by atoms with Crippen molar-refractivity contribution in [3.63, 3.8) is 0 Å². The molecule has 0 atom stereocenters. The third kappa shape index (κ3) is 6.15. The van der Waals surface area contributed by atoms with Crippen molar-refractivity contribution in [2.45, 2.75) is 0 Å². The fourth-order valence-corrected chi connectivity index (χ4v) is 5.97. The summed E-state index contributed by atoms with van der Waals surface area (Å²) in [7, 11) is 0. The second kappa shape index (κ2) is 13.1. The lowest BCUT2D eigenvalue weighted by Crippen LogP contribution is -1.96. The summed E-state index contributed by atoms with van der Waals surface area (Å²) >= 11 is 0. The van der Waals surface area contributed by atoms with Crippen molar-refractivity contribution in [1.29, 1.82) is 0 Å². The molecular formula is C44H30N4. The monoisotopic (exact) mass is 614 g/mol. The Morgan fingerprint density at radius 3 is 1.00 bits per heavy atom. The van der Waals surface area contributed by atoms with Crippen molar-refractivity contribution in [2.24, 2.45) is 0 Å². The molecule has 3 heterocycles. The zero-order chi connectivity index (χ0) is 32.1. The zero-order valence-corrected chi connectivity index (χ0v) is 26.1. The van der Waals surface area contributed by atoms with Gasteiger partial charge in [0.1, 0.15) is 0 Å². The topological polar surface area (TPSA) is 51.6 Å². The van der Waals surface area contributed by atoms with Gasteiger partial charge in [-0.2, -0.15) is 0 Å². The third-order valence-electron chi connectivity index (χ3n) is 8.52. The quantitative estimate of drug-likeness (QED) is 0.179. The van der Waals surface area contributed by atoms with Gasteiger partial charge in [-0.1, -0.05) is 109 Å². The highest BCUT2D eigenvalue weighted by atomic mass is 14.9. The fourth-order valence-electron chi connectivity index (χ4n) is 5.97. The zero-order valence-electron chi connectivity index (χ0n) is 26.1. The summed E-state index contributed by atoms with van der Waals surface area (Å²) in [6.07, 6.45) is 7.14. The summed E-state index contributed by atoms with van der Waals surface area (Å²) in [6, 6.07) is 55.2. The first-order valence-electron chi connectivity index (χ1n) is 15.9. The van der Waals surface area contributed by atoms with Crippen LogP contribution in [-0.2, 0) is 0 Å². The molecule has 0 unspecified atom stereocenters. The average Bonchev–Trinajstić information content (AvgIpc) is 3.19. The number of benzene rings is 5. The Bertz CT molecular complexity index is 2230. The first-order chi connectivity index (χ1) is 23.8. The van der Waals surface area contributed by atoms with Gasteiger partial charge in [-0.3, -0.25) is 9.97 Å². The van der Waals surface area contributed by atoms with Crippen LogP contribution in [0.15, 0.2) is 183 Å². The molecule has 0 amide bonds. The maximum Gasteiger partial charge on any atom is 0.160 e. The van der Waals surface area contributed by atoms with Crippen molar-refractivity contribution in [1.82, 2.24) is 19.9 Å². The highest BCUT2D eigenvalue weighted by Gasteiger charge is 2.12. The van der Waals surface area contributed by atoms with Crippen LogP contribution in [0.5, 0.6) is 0 Å². The number of pyridine rings is 2. The van der Waals surface area contributed by atoms with Crippen LogP contribution in [0.3, 0.4) is 0 Å². The Labute approximate surface area is 280 Å². The van der Waals surface area contributed by atoms with Gasteiger partial charge in [0.15, 0.2) is 5.82 Å². The van der Waals surface area contributed by atoms with Crippen LogP contribution in [0.4, 0.5) is 0 Å². The fraction of sp³-hybridized carbons (Fsp3) is 0. The Morgan fingerprint density at radius 1 is 0.250 bits per heavy atom. The predicted molar refractivity (Wildman–Crippen MR) is 196 cm³/mol. The molecule has 0 saturated carbocycles. The highest BCUT2D eigenvalue weighted by molar-refractivity contribution is 5.83. The Morgan fingerprint density at radius 2 is 0.583 bits per heavy atom. The number of rotatable bonds is 7. The lowest BCUT2D eigenvalue weighted by molar-refractivity contribution is 1.18. The van der Waals surface area contributed by atoms with E-state index in [1.807, 2.05) is 36.4 Å². The molecule has 4 nitrogen and oxygen atoms in total. The molecule has 0 aliphatic rings. The van der Waals surface area contributed by atoms with Crippen LogP contribution in [0, 0.1) is 0 Å². The van der Waals surface area contributed by atoms with E-state index in [-0.39, 0.29) is 0 Å². The first kappa shape index (κ1) is 28.9. The molecular weight excluding hydrogens is 585 g/mol. The van der Waals surface area contributed by atoms with Gasteiger partial charge < -0.3 is 0 Å². The van der Waals surface area contributed by atoms with Gasteiger partial charge in [-0.15, -0.1) is 0 Å². The largest absolute Gasteiger partial charge is 0.265 e. The van der Waals surface area contributed by atoms with E-state index in [1.165, 1.54) is 33.4 Å². The van der Waals surface area contributed by atoms with Gasteiger partial charge >= 0.3 is 0 Å². The second-order valence-corrected chi connectivity index (χ2v) is 11.6. The molecule has 0 radical (unpaired) electrons. The molecule has 0 aliphatic carbocycles. The summed E-state index contributed by atoms with van der Waals surface area (Å²) in [4.78, 5) is 18.3. The van der Waals surface area contributed by atoms with Gasteiger partial charge in [0.25, 0.3) is 0 Å². The lowest BCUT2D eigenvalue weighted by Gasteiger charge is -2.13. The highest BCUT2D eigenvalue weighted by Crippen LogP contribution is 2.35. The average molecular weight is 615 g/mol. The molecule has 0 fully saturated rings. The van der Waals surface area contributed by atoms with Crippen LogP contribution < -0.4 is 0 Å². The lowest BCUT2D eigenvalue weighted by atomic mass is 9.92. The van der Waals surface area contributed by atoms with Crippen LogP contribution in [0.1, 0.15) is 0 Å². The predicted octanol–water partition coefficient (Wildman–Crippen LogP) is 10.9. The van der Waals surface area contributed by atoms with Crippen LogP contribution in [0.25, 0.3) is 78.4 Å². The summed E-state index contributed by atoms with van der Waals surface area (Å²) in [5.74, 6) is 0.667. The van der Waals surface area contributed by atoms with Gasteiger partial charge in [-0.25, -0.2) is 9.97 Å². The maximum atomic E-state index is 4.98. The minimum absolute atomic E-state index is 0.667. The van der Waals surface area contributed by atoms with Crippen LogP contribution in [-0.4, -0.2) is 19.9 Å². The SMILES string of the molecule is c1ccc(-c2ccc(-c3cc(-c4ccccc4)cc(-c4ccc(-c5nc(-c6ccncc6)cc(-c6ccncc6)n5)cc4)c3)cc2)cc1. The molecule has 4 heteroatoms. The molecule has 0 aliphatic heterocycles. The number of hydrogen-bond acceptors (Lipinski definition) is 4. The van der Waals surface area contributed by atoms with Crippen molar-refractivity contribution in [2.75, 3.05) is 0 Å². The van der Waals surface area contributed by atoms with Gasteiger partial charge in [0, 0.05) is 41.5 Å². The summed E-state index contributed by atoms with van der Waals surface area (Å²) in [5.41, 5.74) is 14.0. The molecule has 8 aromatic rings. The van der Waals surface area contributed by atoms with E-state index < -0.39 is 0 Å². The minimum atomic E-state index is 0.667. The van der Waals surface area contributed by atoms with E-state index in [0.29, 0.717) is 5.82 Å². The Hall–Kier alpha value is -6.52. The number of hydrogen-bond donors (Lipinski definition) is 0. The summed E-state index contributed by atoms with van der Waals surface area (Å²) in [5, 5.41) is 0. The summed E-state index contributed by atoms with van der Waals surface area (Å²) < 4.78 is 0. The number of aromatic nitrogens is 4. The standard InChI is InChI=1S/C44H30N4/c1-3-7-31(8-4-1)33-11-13-34(14-12-33)40-27-39(32-9-5-2-6-10-32)28-41(29-40)35-15-17-38(18-16-35)44-47-42(36-19-23-45-24-20-36)30-43(48-44)37-21-25-46-26-22-37/h1-30H. The van der Waals surface area contributed by atoms with Gasteiger partial charge in [0.05, 0.1) is 11.4 Å². The van der Waals surface area contributed by atoms with E-state index >= 15 is 0 Å². The van der Waals surface area contributed by atoms with E-state index in [9.17, 15) is 0 Å². The molecule has 0 saturated heterocycles. The molecule has 48 heavy (non-hydrogen) atoms. The Balaban J connectivity index is 1.18. The van der Waals surface area contributed by atoms with E-state index in [1.54, 1.807) is 24.8 Å². The minimum Gasteiger partial charge on any atom is -0.265 e. The molecule has 3 aromatic heterocycles. The van der Waals surface area contributed by atoms with E-state index in [4.69, 9.17) is 9.97 Å². The maximum absolute atomic E-state index is 4.98. The third-order valence-corrected chi connectivity index (χ3v) is 8.52. The van der Waals surface area contributed by atoms with Crippen molar-refractivity contribution in [3.05, 3.63) is 183 Å². The van der Waals surface area contributed by atoms with Gasteiger partial charge in [-0.05, 0) is 93.0 Å². The molecule has 5 aromatic carbocycles. The van der Waals surface area contributed by atoms with E-state index in [2.05, 4.69) is 131 Å². The van der Waals surface area contributed by atoms with Crippen LogP contribution in [0.2, 0.25) is 0 Å². The molecule has 0 bridgehead atoms. The summed E-state index contributed by atoms with van der Waals surface area (Å²) in [6.45, 7) is 0. The molecule has 226 valence electrons. The Kier molecular flexibility index (Phi) is 7.87. The molecule has 0 spiro atoms. The normalized spacial score (nSPS) is 10.9. The van der Waals surface area contributed by atoms with E-state index in [0.717, 1.165) is 39.2 Å². The molecule has 0 N–H and O–H groups in total. The van der Waals surface area contributed by atoms with Crippen molar-refractivity contribution >= 4 is 0 Å². The smallest absolute Gasteiger partial charge is 0.160 e. The molecule has 8 rings (SSSR count). The van der Waals surface area contributed by atoms with Gasteiger partial charge in [0.2, 0.25) is 0 Å². The van der Waals surface area contributed by atoms with Crippen molar-refractivity contribution < 1.29 is 0 Å².